The lowest BCUT2D eigenvalue weighted by Crippen LogP contribution is -2.34. The quantitative estimate of drug-likeness (QED) is 0.0317. The van der Waals surface area contributed by atoms with Gasteiger partial charge < -0.3 is 25.2 Å². The van der Waals surface area contributed by atoms with E-state index in [1.807, 2.05) is 0 Å². The molecule has 0 aliphatic rings. The first-order valence-corrected chi connectivity index (χ1v) is 21.6. The van der Waals surface area contributed by atoms with Crippen molar-refractivity contribution in [2.45, 2.75) is 206 Å². The third-order valence-corrected chi connectivity index (χ3v) is 9.84. The van der Waals surface area contributed by atoms with Crippen LogP contribution in [0, 0.1) is 0 Å². The Labute approximate surface area is 299 Å². The molecule has 0 radical (unpaired) electrons. The number of rotatable bonds is 39. The van der Waals surface area contributed by atoms with Gasteiger partial charge in [-0.2, -0.15) is 0 Å². The van der Waals surface area contributed by atoms with Crippen LogP contribution in [-0.4, -0.2) is 60.5 Å². The van der Waals surface area contributed by atoms with Crippen molar-refractivity contribution in [2.75, 3.05) is 26.4 Å². The summed E-state index contributed by atoms with van der Waals surface area (Å²) in [5.41, 5.74) is 5.34. The molecule has 11 heteroatoms. The number of phosphoric ester groups is 1. The van der Waals surface area contributed by atoms with Gasteiger partial charge >= 0.3 is 19.8 Å². The molecule has 0 aliphatic heterocycles. The number of phosphoric acid groups is 1. The predicted molar refractivity (Wildman–Crippen MR) is 199 cm³/mol. The maximum Gasteiger partial charge on any atom is 0.472 e. The van der Waals surface area contributed by atoms with Crippen molar-refractivity contribution in [3.63, 3.8) is 0 Å². The summed E-state index contributed by atoms with van der Waals surface area (Å²) in [5, 5.41) is 8.86. The molecule has 292 valence electrons. The van der Waals surface area contributed by atoms with E-state index in [0.717, 1.165) is 38.5 Å². The second-order valence-electron chi connectivity index (χ2n) is 13.8. The van der Waals surface area contributed by atoms with E-state index in [0.29, 0.717) is 6.61 Å². The number of hydrogen-bond acceptors (Lipinski definition) is 8. The Morgan fingerprint density at radius 2 is 0.939 bits per heavy atom. The van der Waals surface area contributed by atoms with Gasteiger partial charge in [-0.05, 0) is 12.8 Å². The number of unbranched alkanes of at least 4 members (excludes halogenated alkanes) is 25. The summed E-state index contributed by atoms with van der Waals surface area (Å²) in [6.07, 6.45) is 32.9. The fraction of sp³-hybridized carbons (Fsp3) is 0.947. The van der Waals surface area contributed by atoms with Crippen molar-refractivity contribution in [1.82, 2.24) is 0 Å². The highest BCUT2D eigenvalue weighted by atomic mass is 31.2. The van der Waals surface area contributed by atoms with Gasteiger partial charge in [0.15, 0.2) is 0 Å². The Morgan fingerprint density at radius 1 is 0.571 bits per heavy atom. The topological polar surface area (TPSA) is 155 Å². The van der Waals surface area contributed by atoms with Crippen molar-refractivity contribution in [1.29, 1.82) is 0 Å². The molecule has 0 heterocycles. The number of ether oxygens (including phenoxy) is 2. The van der Waals surface area contributed by atoms with Gasteiger partial charge in [0.2, 0.25) is 0 Å². The molecule has 0 aromatic carbocycles. The Morgan fingerprint density at radius 3 is 1.35 bits per heavy atom. The molecule has 4 N–H and O–H groups in total. The third kappa shape index (κ3) is 35.2. The molecule has 10 nitrogen and oxygen atoms in total. The lowest BCUT2D eigenvalue weighted by atomic mass is 10.0. The molecular weight excluding hydrogens is 645 g/mol. The van der Waals surface area contributed by atoms with E-state index in [-0.39, 0.29) is 13.0 Å². The molecule has 0 rings (SSSR count). The minimum atomic E-state index is -4.60. The van der Waals surface area contributed by atoms with Crippen LogP contribution < -0.4 is 5.73 Å². The minimum absolute atomic E-state index is 0.0252. The van der Waals surface area contributed by atoms with E-state index in [2.05, 4.69) is 13.8 Å². The molecular formula is C38H76NO9P. The van der Waals surface area contributed by atoms with Crippen molar-refractivity contribution >= 4 is 19.8 Å². The van der Waals surface area contributed by atoms with Crippen LogP contribution in [0.15, 0.2) is 0 Å². The SMILES string of the molecule is CCCCCCCCCCCCCCCCCCOC[C@H](COP(=O)(O)OC[C@H](N)C(=O)O)OC(=O)CCCCCCCCCCCCC. The number of carbonyl (C=O) groups is 2. The Bertz CT molecular complexity index is 801. The fourth-order valence-electron chi connectivity index (χ4n) is 5.72. The normalized spacial score (nSPS) is 14.0. The summed E-state index contributed by atoms with van der Waals surface area (Å²) in [5.74, 6) is -1.77. The number of aliphatic carboxylic acids is 1. The molecule has 3 atom stereocenters. The first-order chi connectivity index (χ1) is 23.7. The van der Waals surface area contributed by atoms with Gasteiger partial charge in [-0.15, -0.1) is 0 Å². The van der Waals surface area contributed by atoms with E-state index in [1.54, 1.807) is 0 Å². The van der Waals surface area contributed by atoms with Crippen LogP contribution in [0.25, 0.3) is 0 Å². The molecule has 1 unspecified atom stereocenters. The Kier molecular flexibility index (Phi) is 34.6. The lowest BCUT2D eigenvalue weighted by Gasteiger charge is -2.20. The number of nitrogens with two attached hydrogens (primary N) is 1. The number of carbonyl (C=O) groups excluding carboxylic acids is 1. The first-order valence-electron chi connectivity index (χ1n) is 20.1. The van der Waals surface area contributed by atoms with Crippen molar-refractivity contribution < 1.29 is 42.7 Å². The van der Waals surface area contributed by atoms with E-state index in [4.69, 9.17) is 29.4 Å². The number of esters is 1. The van der Waals surface area contributed by atoms with Crippen LogP contribution in [-0.2, 0) is 32.7 Å². The molecule has 0 saturated carbocycles. The summed E-state index contributed by atoms with van der Waals surface area (Å²) in [7, 11) is -4.60. The van der Waals surface area contributed by atoms with Gasteiger partial charge in [0.05, 0.1) is 19.8 Å². The largest absolute Gasteiger partial charge is 0.480 e. The third-order valence-electron chi connectivity index (χ3n) is 8.89. The Hall–Kier alpha value is -1.03. The minimum Gasteiger partial charge on any atom is -0.480 e. The summed E-state index contributed by atoms with van der Waals surface area (Å²) < 4.78 is 33.2. The van der Waals surface area contributed by atoms with Crippen molar-refractivity contribution in [2.24, 2.45) is 5.73 Å². The summed E-state index contributed by atoms with van der Waals surface area (Å²) in [6.45, 7) is 3.90. The fourth-order valence-corrected chi connectivity index (χ4v) is 6.50. The van der Waals surface area contributed by atoms with Gasteiger partial charge in [-0.3, -0.25) is 18.6 Å². The van der Waals surface area contributed by atoms with Crippen LogP contribution in [0.5, 0.6) is 0 Å². The van der Waals surface area contributed by atoms with Crippen LogP contribution in [0.4, 0.5) is 0 Å². The first kappa shape index (κ1) is 48.0. The standard InChI is InChI=1S/C38H76NO9P/c1-3-5-7-9-11-13-15-16-17-18-19-21-23-25-27-29-31-45-32-35(33-46-49(43,44)47-34-36(39)38(41)42)48-37(40)30-28-26-24-22-20-14-12-10-8-6-4-2/h35-36H,3-34,39H2,1-2H3,(H,41,42)(H,43,44)/t35-,36+/m1/s1. The van der Waals surface area contributed by atoms with Gasteiger partial charge in [0.1, 0.15) is 12.1 Å². The monoisotopic (exact) mass is 722 g/mol. The van der Waals surface area contributed by atoms with Crippen LogP contribution in [0.2, 0.25) is 0 Å². The molecule has 0 aromatic heterocycles. The average Bonchev–Trinajstić information content (AvgIpc) is 3.07. The summed E-state index contributed by atoms with van der Waals surface area (Å²) >= 11 is 0. The second kappa shape index (κ2) is 35.4. The maximum atomic E-state index is 12.5. The molecule has 0 spiro atoms. The van der Waals surface area contributed by atoms with Gasteiger partial charge in [0, 0.05) is 13.0 Å². The molecule has 0 aliphatic carbocycles. The van der Waals surface area contributed by atoms with E-state index in [1.165, 1.54) is 135 Å². The lowest BCUT2D eigenvalue weighted by molar-refractivity contribution is -0.154. The van der Waals surface area contributed by atoms with Crippen molar-refractivity contribution in [3.8, 4) is 0 Å². The van der Waals surface area contributed by atoms with E-state index >= 15 is 0 Å². The van der Waals surface area contributed by atoms with Gasteiger partial charge in [-0.1, -0.05) is 174 Å². The zero-order valence-electron chi connectivity index (χ0n) is 31.6. The van der Waals surface area contributed by atoms with E-state index < -0.39 is 45.1 Å². The highest BCUT2D eigenvalue weighted by Gasteiger charge is 2.27. The maximum absolute atomic E-state index is 12.5. The number of hydrogen-bond donors (Lipinski definition) is 3. The molecule has 0 aromatic rings. The van der Waals surface area contributed by atoms with Crippen molar-refractivity contribution in [3.05, 3.63) is 0 Å². The second-order valence-corrected chi connectivity index (χ2v) is 15.2. The van der Waals surface area contributed by atoms with E-state index in [9.17, 15) is 19.0 Å². The van der Waals surface area contributed by atoms with Crippen LogP contribution in [0.1, 0.15) is 194 Å². The number of carboxylic acids is 1. The summed E-state index contributed by atoms with van der Waals surface area (Å²) in [6, 6.07) is -1.47. The van der Waals surface area contributed by atoms with Crippen LogP contribution in [0.3, 0.4) is 0 Å². The molecule has 0 amide bonds. The smallest absolute Gasteiger partial charge is 0.472 e. The molecule has 49 heavy (non-hydrogen) atoms. The molecule has 0 saturated heterocycles. The van der Waals surface area contributed by atoms with Gasteiger partial charge in [-0.25, -0.2) is 4.57 Å². The molecule has 0 fully saturated rings. The zero-order chi connectivity index (χ0) is 36.3. The average molecular weight is 722 g/mol. The van der Waals surface area contributed by atoms with Gasteiger partial charge in [0.25, 0.3) is 0 Å². The van der Waals surface area contributed by atoms with Crippen LogP contribution >= 0.6 is 7.82 Å². The summed E-state index contributed by atoms with van der Waals surface area (Å²) in [4.78, 5) is 33.4. The highest BCUT2D eigenvalue weighted by molar-refractivity contribution is 7.47. The number of carboxylic acid groups (broad SMARTS) is 1. The predicted octanol–water partition coefficient (Wildman–Crippen LogP) is 10.4. The highest BCUT2D eigenvalue weighted by Crippen LogP contribution is 2.43. The zero-order valence-corrected chi connectivity index (χ0v) is 32.5. The Balaban J connectivity index is 4.21. The molecule has 0 bridgehead atoms.